The zero-order valence-corrected chi connectivity index (χ0v) is 10.6. The smallest absolute Gasteiger partial charge is 0.265 e. The molecule has 1 aromatic rings. The molecule has 3 amide bonds. The first-order valence-corrected chi connectivity index (χ1v) is 5.83. The number of carbonyl (C=O) groups is 3. The molecule has 1 aliphatic rings. The number of amides is 3. The third-order valence-electron chi connectivity index (χ3n) is 2.76. The first-order chi connectivity index (χ1) is 9.88. The Kier molecular flexibility index (Phi) is 3.83. The SMILES string of the molecule is NC(=O)C1CC(O)=C(C(=O)Nc2ccc(F)cn2)C(=O)N1. The van der Waals surface area contributed by atoms with Crippen LogP contribution in [-0.2, 0) is 14.4 Å². The minimum absolute atomic E-state index is 0.00604. The monoisotopic (exact) mass is 294 g/mol. The van der Waals surface area contributed by atoms with Gasteiger partial charge in [-0.1, -0.05) is 0 Å². The topological polar surface area (TPSA) is 134 Å². The van der Waals surface area contributed by atoms with Crippen molar-refractivity contribution in [3.63, 3.8) is 0 Å². The van der Waals surface area contributed by atoms with Crippen LogP contribution in [0.15, 0.2) is 29.7 Å². The largest absolute Gasteiger partial charge is 0.511 e. The molecule has 5 N–H and O–H groups in total. The number of nitrogens with one attached hydrogen (secondary N) is 2. The third-order valence-corrected chi connectivity index (χ3v) is 2.76. The minimum Gasteiger partial charge on any atom is -0.511 e. The van der Waals surface area contributed by atoms with Crippen LogP contribution < -0.4 is 16.4 Å². The van der Waals surface area contributed by atoms with Gasteiger partial charge in [0, 0.05) is 6.42 Å². The molecule has 110 valence electrons. The summed E-state index contributed by atoms with van der Waals surface area (Å²) in [6, 6.07) is 1.19. The van der Waals surface area contributed by atoms with Crippen molar-refractivity contribution in [2.75, 3.05) is 5.32 Å². The molecule has 1 atom stereocenters. The number of hydrogen-bond donors (Lipinski definition) is 4. The number of aromatic nitrogens is 1. The van der Waals surface area contributed by atoms with Crippen LogP contribution in [0, 0.1) is 5.82 Å². The highest BCUT2D eigenvalue weighted by Gasteiger charge is 2.33. The van der Waals surface area contributed by atoms with Crippen molar-refractivity contribution in [2.45, 2.75) is 12.5 Å². The van der Waals surface area contributed by atoms with E-state index in [0.717, 1.165) is 12.3 Å². The second-order valence-corrected chi connectivity index (χ2v) is 4.27. The van der Waals surface area contributed by atoms with Crippen molar-refractivity contribution in [3.05, 3.63) is 35.5 Å². The van der Waals surface area contributed by atoms with Gasteiger partial charge in [0.15, 0.2) is 0 Å². The summed E-state index contributed by atoms with van der Waals surface area (Å²) in [6.45, 7) is 0. The summed E-state index contributed by atoms with van der Waals surface area (Å²) in [5.74, 6) is -3.81. The van der Waals surface area contributed by atoms with E-state index in [-0.39, 0.29) is 12.2 Å². The number of carbonyl (C=O) groups excluding carboxylic acids is 3. The normalized spacial score (nSPS) is 18.1. The van der Waals surface area contributed by atoms with Crippen LogP contribution in [0.25, 0.3) is 0 Å². The Morgan fingerprint density at radius 2 is 2.19 bits per heavy atom. The van der Waals surface area contributed by atoms with E-state index in [2.05, 4.69) is 15.6 Å². The number of halogens is 1. The summed E-state index contributed by atoms with van der Waals surface area (Å²) in [5, 5.41) is 14.2. The van der Waals surface area contributed by atoms with E-state index < -0.39 is 40.9 Å². The maximum absolute atomic E-state index is 12.7. The molecule has 1 aromatic heterocycles. The number of pyridine rings is 1. The lowest BCUT2D eigenvalue weighted by molar-refractivity contribution is -0.128. The summed E-state index contributed by atoms with van der Waals surface area (Å²) in [5.41, 5.74) is 4.47. The molecule has 0 radical (unpaired) electrons. The standard InChI is InChI=1S/C12H11FN4O4/c13-5-1-2-8(15-4-5)17-12(21)9-7(18)3-6(10(14)19)16-11(9)20/h1-2,4,6,18H,3H2,(H2,14,19)(H,16,20)(H,15,17,21). The first-order valence-electron chi connectivity index (χ1n) is 5.83. The highest BCUT2D eigenvalue weighted by molar-refractivity contribution is 6.23. The Hall–Kier alpha value is -2.97. The molecule has 0 bridgehead atoms. The van der Waals surface area contributed by atoms with Crippen molar-refractivity contribution in [1.29, 1.82) is 0 Å². The number of rotatable bonds is 3. The van der Waals surface area contributed by atoms with Gasteiger partial charge in [-0.3, -0.25) is 14.4 Å². The number of aliphatic hydroxyl groups is 1. The van der Waals surface area contributed by atoms with Gasteiger partial charge in [0.2, 0.25) is 5.91 Å². The Labute approximate surface area is 117 Å². The van der Waals surface area contributed by atoms with Gasteiger partial charge in [0.05, 0.1) is 6.20 Å². The second kappa shape index (κ2) is 5.57. The molecule has 0 aromatic carbocycles. The molecule has 21 heavy (non-hydrogen) atoms. The summed E-state index contributed by atoms with van der Waals surface area (Å²) in [6.07, 6.45) is 0.606. The fraction of sp³-hybridized carbons (Fsp3) is 0.167. The lowest BCUT2D eigenvalue weighted by atomic mass is 10.0. The molecule has 8 nitrogen and oxygen atoms in total. The number of nitrogens with two attached hydrogens (primary N) is 1. The predicted octanol–water partition coefficient (Wildman–Crippen LogP) is -0.655. The van der Waals surface area contributed by atoms with E-state index in [1.165, 1.54) is 6.07 Å². The van der Waals surface area contributed by atoms with Crippen LogP contribution in [0.2, 0.25) is 0 Å². The number of aliphatic hydroxyl groups excluding tert-OH is 1. The summed E-state index contributed by atoms with van der Waals surface area (Å²) >= 11 is 0. The maximum Gasteiger partial charge on any atom is 0.265 e. The van der Waals surface area contributed by atoms with Gasteiger partial charge in [0.25, 0.3) is 11.8 Å². The van der Waals surface area contributed by atoms with Gasteiger partial charge in [0.1, 0.15) is 29.0 Å². The highest BCUT2D eigenvalue weighted by atomic mass is 19.1. The molecule has 2 heterocycles. The quantitative estimate of drug-likeness (QED) is 0.549. The lowest BCUT2D eigenvalue weighted by Crippen LogP contribution is -2.49. The van der Waals surface area contributed by atoms with Gasteiger partial charge in [-0.2, -0.15) is 0 Å². The Morgan fingerprint density at radius 3 is 2.71 bits per heavy atom. The van der Waals surface area contributed by atoms with E-state index in [9.17, 15) is 23.9 Å². The average molecular weight is 294 g/mol. The van der Waals surface area contributed by atoms with Crippen molar-refractivity contribution in [2.24, 2.45) is 5.73 Å². The zero-order valence-electron chi connectivity index (χ0n) is 10.6. The average Bonchev–Trinajstić information content (AvgIpc) is 2.40. The Morgan fingerprint density at radius 1 is 1.48 bits per heavy atom. The summed E-state index contributed by atoms with van der Waals surface area (Å²) in [4.78, 5) is 38.2. The molecule has 0 saturated carbocycles. The van der Waals surface area contributed by atoms with Crippen LogP contribution >= 0.6 is 0 Å². The second-order valence-electron chi connectivity index (χ2n) is 4.27. The van der Waals surface area contributed by atoms with Crippen LogP contribution in [0.5, 0.6) is 0 Å². The molecule has 0 aliphatic carbocycles. The Bertz CT molecular complexity index is 641. The van der Waals surface area contributed by atoms with Crippen LogP contribution in [0.4, 0.5) is 10.2 Å². The van der Waals surface area contributed by atoms with Gasteiger partial charge in [-0.15, -0.1) is 0 Å². The molecule has 0 spiro atoms. The predicted molar refractivity (Wildman–Crippen MR) is 68.2 cm³/mol. The van der Waals surface area contributed by atoms with Gasteiger partial charge >= 0.3 is 0 Å². The molecular formula is C12H11FN4O4. The van der Waals surface area contributed by atoms with E-state index in [1.54, 1.807) is 0 Å². The fourth-order valence-electron chi connectivity index (χ4n) is 1.74. The molecule has 9 heteroatoms. The highest BCUT2D eigenvalue weighted by Crippen LogP contribution is 2.17. The van der Waals surface area contributed by atoms with E-state index in [1.807, 2.05) is 0 Å². The minimum atomic E-state index is -1.07. The number of nitrogens with zero attached hydrogens (tertiary/aromatic N) is 1. The van der Waals surface area contributed by atoms with Gasteiger partial charge in [-0.05, 0) is 12.1 Å². The van der Waals surface area contributed by atoms with Gasteiger partial charge in [-0.25, -0.2) is 9.37 Å². The maximum atomic E-state index is 12.7. The molecule has 1 unspecified atom stereocenters. The Balaban J connectivity index is 2.18. The van der Waals surface area contributed by atoms with Crippen LogP contribution in [0.1, 0.15) is 6.42 Å². The molecular weight excluding hydrogens is 283 g/mol. The summed E-state index contributed by atoms with van der Waals surface area (Å²) < 4.78 is 12.7. The van der Waals surface area contributed by atoms with Gasteiger partial charge < -0.3 is 21.5 Å². The molecule has 2 rings (SSSR count). The zero-order chi connectivity index (χ0) is 15.6. The molecule has 0 fully saturated rings. The van der Waals surface area contributed by atoms with E-state index in [4.69, 9.17) is 5.73 Å². The molecule has 0 saturated heterocycles. The number of primary amides is 1. The summed E-state index contributed by atoms with van der Waals surface area (Å²) in [7, 11) is 0. The number of anilines is 1. The fourth-order valence-corrected chi connectivity index (χ4v) is 1.74. The van der Waals surface area contributed by atoms with Crippen LogP contribution in [0.3, 0.4) is 0 Å². The van der Waals surface area contributed by atoms with Crippen molar-refractivity contribution in [1.82, 2.24) is 10.3 Å². The lowest BCUT2D eigenvalue weighted by Gasteiger charge is -2.22. The van der Waals surface area contributed by atoms with Crippen molar-refractivity contribution in [3.8, 4) is 0 Å². The first kappa shape index (κ1) is 14.4. The van der Waals surface area contributed by atoms with Crippen molar-refractivity contribution < 1.29 is 23.9 Å². The van der Waals surface area contributed by atoms with E-state index >= 15 is 0 Å². The third kappa shape index (κ3) is 3.14. The molecule has 1 aliphatic heterocycles. The van der Waals surface area contributed by atoms with Crippen LogP contribution in [-0.4, -0.2) is 33.9 Å². The van der Waals surface area contributed by atoms with Crippen molar-refractivity contribution >= 4 is 23.5 Å². The van der Waals surface area contributed by atoms with E-state index in [0.29, 0.717) is 0 Å². The number of hydrogen-bond acceptors (Lipinski definition) is 5.